The summed E-state index contributed by atoms with van der Waals surface area (Å²) in [6, 6.07) is 11.0. The fraction of sp³-hybridized carbons (Fsp3) is 0.143. The molecule has 0 radical (unpaired) electrons. The second-order valence-electron chi connectivity index (χ2n) is 4.41. The molecule has 4 nitrogen and oxygen atoms in total. The number of rotatable bonds is 1. The van der Waals surface area contributed by atoms with Crippen molar-refractivity contribution in [3.05, 3.63) is 53.2 Å². The summed E-state index contributed by atoms with van der Waals surface area (Å²) in [5.74, 6) is 0.652. The zero-order valence-electron chi connectivity index (χ0n) is 10.4. The Bertz CT molecular complexity index is 644. The molecule has 0 bridgehead atoms. The SMILES string of the molecule is CN1Cc2cccnc2N(c2ccccc2Cl)C1=O. The number of nitrogens with zero attached hydrogens (tertiary/aromatic N) is 3. The Morgan fingerprint density at radius 3 is 2.79 bits per heavy atom. The lowest BCUT2D eigenvalue weighted by molar-refractivity contribution is 0.213. The number of hydrogen-bond acceptors (Lipinski definition) is 2. The molecule has 1 aliphatic rings. The van der Waals surface area contributed by atoms with Crippen molar-refractivity contribution in [1.29, 1.82) is 0 Å². The highest BCUT2D eigenvalue weighted by atomic mass is 35.5. The smallest absolute Gasteiger partial charge is 0.323 e. The molecule has 3 rings (SSSR count). The minimum atomic E-state index is -0.126. The van der Waals surface area contributed by atoms with Crippen LogP contribution in [0.4, 0.5) is 16.3 Å². The van der Waals surface area contributed by atoms with Crippen molar-refractivity contribution in [3.8, 4) is 0 Å². The summed E-state index contributed by atoms with van der Waals surface area (Å²) < 4.78 is 0. The molecule has 0 N–H and O–H groups in total. The minimum absolute atomic E-state index is 0.126. The normalized spacial score (nSPS) is 14.5. The first-order valence-corrected chi connectivity index (χ1v) is 6.30. The van der Waals surface area contributed by atoms with Crippen molar-refractivity contribution in [2.75, 3.05) is 11.9 Å². The van der Waals surface area contributed by atoms with Crippen molar-refractivity contribution in [2.24, 2.45) is 0 Å². The molecular weight excluding hydrogens is 262 g/mol. The maximum Gasteiger partial charge on any atom is 0.330 e. The number of anilines is 2. The van der Waals surface area contributed by atoms with Gasteiger partial charge in [-0.25, -0.2) is 14.7 Å². The number of benzene rings is 1. The van der Waals surface area contributed by atoms with Gasteiger partial charge in [0.05, 0.1) is 17.3 Å². The molecule has 1 aromatic carbocycles. The Morgan fingerprint density at radius 1 is 1.21 bits per heavy atom. The van der Waals surface area contributed by atoms with Gasteiger partial charge in [-0.3, -0.25) is 0 Å². The topological polar surface area (TPSA) is 36.4 Å². The van der Waals surface area contributed by atoms with Crippen LogP contribution in [-0.4, -0.2) is 23.0 Å². The quantitative estimate of drug-likeness (QED) is 0.798. The molecule has 96 valence electrons. The highest BCUT2D eigenvalue weighted by molar-refractivity contribution is 6.34. The van der Waals surface area contributed by atoms with Gasteiger partial charge in [-0.15, -0.1) is 0 Å². The number of carbonyl (C=O) groups excluding carboxylic acids is 1. The lowest BCUT2D eigenvalue weighted by Gasteiger charge is -2.34. The van der Waals surface area contributed by atoms with E-state index in [1.54, 1.807) is 29.1 Å². The first kappa shape index (κ1) is 12.0. The molecule has 0 saturated heterocycles. The molecule has 0 unspecified atom stereocenters. The predicted molar refractivity (Wildman–Crippen MR) is 74.7 cm³/mol. The first-order chi connectivity index (χ1) is 9.18. The van der Waals surface area contributed by atoms with Gasteiger partial charge in [-0.1, -0.05) is 29.8 Å². The molecule has 1 aliphatic heterocycles. The summed E-state index contributed by atoms with van der Waals surface area (Å²) in [4.78, 5) is 19.9. The average molecular weight is 274 g/mol. The van der Waals surface area contributed by atoms with Crippen LogP contribution in [0.25, 0.3) is 0 Å². The number of carbonyl (C=O) groups is 1. The highest BCUT2D eigenvalue weighted by Gasteiger charge is 2.31. The Balaban J connectivity index is 2.19. The van der Waals surface area contributed by atoms with Crippen LogP contribution in [0.15, 0.2) is 42.6 Å². The molecular formula is C14H12ClN3O. The van der Waals surface area contributed by atoms with Crippen LogP contribution in [0.2, 0.25) is 5.02 Å². The van der Waals surface area contributed by atoms with Gasteiger partial charge in [-0.2, -0.15) is 0 Å². The van der Waals surface area contributed by atoms with Gasteiger partial charge in [0.15, 0.2) is 0 Å². The van der Waals surface area contributed by atoms with E-state index in [0.717, 1.165) is 5.56 Å². The largest absolute Gasteiger partial charge is 0.330 e. The highest BCUT2D eigenvalue weighted by Crippen LogP contribution is 2.36. The lowest BCUT2D eigenvalue weighted by Crippen LogP contribution is -2.43. The van der Waals surface area contributed by atoms with Crippen LogP contribution in [-0.2, 0) is 6.54 Å². The number of fused-ring (bicyclic) bond motifs is 1. The van der Waals surface area contributed by atoms with Crippen molar-refractivity contribution in [2.45, 2.75) is 6.54 Å². The van der Waals surface area contributed by atoms with Crippen LogP contribution < -0.4 is 4.90 Å². The second kappa shape index (κ2) is 4.55. The van der Waals surface area contributed by atoms with Crippen LogP contribution >= 0.6 is 11.6 Å². The maximum atomic E-state index is 12.4. The van der Waals surface area contributed by atoms with E-state index in [1.807, 2.05) is 30.3 Å². The first-order valence-electron chi connectivity index (χ1n) is 5.92. The summed E-state index contributed by atoms with van der Waals surface area (Å²) in [5, 5.41) is 0.530. The van der Waals surface area contributed by atoms with Crippen molar-refractivity contribution >= 4 is 29.1 Å². The number of urea groups is 1. The summed E-state index contributed by atoms with van der Waals surface area (Å²) >= 11 is 6.20. The number of pyridine rings is 1. The fourth-order valence-electron chi connectivity index (χ4n) is 2.19. The summed E-state index contributed by atoms with van der Waals surface area (Å²) in [5.41, 5.74) is 1.66. The van der Waals surface area contributed by atoms with Gasteiger partial charge in [0.25, 0.3) is 0 Å². The molecule has 19 heavy (non-hydrogen) atoms. The fourth-order valence-corrected chi connectivity index (χ4v) is 2.41. The number of amides is 2. The molecule has 1 aromatic heterocycles. The van der Waals surface area contributed by atoms with E-state index in [2.05, 4.69) is 4.98 Å². The van der Waals surface area contributed by atoms with E-state index in [1.165, 1.54) is 0 Å². The van der Waals surface area contributed by atoms with E-state index in [4.69, 9.17) is 11.6 Å². The molecule has 0 atom stereocenters. The zero-order valence-corrected chi connectivity index (χ0v) is 11.1. The van der Waals surface area contributed by atoms with Crippen molar-refractivity contribution in [3.63, 3.8) is 0 Å². The summed E-state index contributed by atoms with van der Waals surface area (Å²) in [6.45, 7) is 0.558. The third-order valence-electron chi connectivity index (χ3n) is 3.10. The Labute approximate surface area is 116 Å². The maximum absolute atomic E-state index is 12.4. The molecule has 0 fully saturated rings. The van der Waals surface area contributed by atoms with Crippen LogP contribution in [0, 0.1) is 0 Å². The monoisotopic (exact) mass is 273 g/mol. The van der Waals surface area contributed by atoms with E-state index in [0.29, 0.717) is 23.1 Å². The molecule has 2 amide bonds. The third-order valence-corrected chi connectivity index (χ3v) is 3.42. The predicted octanol–water partition coefficient (Wildman–Crippen LogP) is 3.44. The van der Waals surface area contributed by atoms with Crippen LogP contribution in [0.1, 0.15) is 5.56 Å². The van der Waals surface area contributed by atoms with Gasteiger partial charge >= 0.3 is 6.03 Å². The number of para-hydroxylation sites is 1. The molecule has 2 heterocycles. The van der Waals surface area contributed by atoms with E-state index in [-0.39, 0.29) is 6.03 Å². The molecule has 5 heteroatoms. The number of halogens is 1. The standard InChI is InChI=1S/C14H12ClN3O/c1-17-9-10-5-4-8-16-13(10)18(14(17)19)12-7-3-2-6-11(12)15/h2-8H,9H2,1H3. The molecule has 0 aliphatic carbocycles. The third kappa shape index (κ3) is 1.94. The Hall–Kier alpha value is -2.07. The lowest BCUT2D eigenvalue weighted by atomic mass is 10.1. The van der Waals surface area contributed by atoms with Crippen molar-refractivity contribution in [1.82, 2.24) is 9.88 Å². The van der Waals surface area contributed by atoms with E-state index in [9.17, 15) is 4.79 Å². The number of aromatic nitrogens is 1. The van der Waals surface area contributed by atoms with Crippen LogP contribution in [0.3, 0.4) is 0 Å². The van der Waals surface area contributed by atoms with Crippen molar-refractivity contribution < 1.29 is 4.79 Å². The van der Waals surface area contributed by atoms with Gasteiger partial charge in [-0.05, 0) is 18.2 Å². The summed E-state index contributed by atoms with van der Waals surface area (Å²) in [6.07, 6.45) is 1.68. The van der Waals surface area contributed by atoms with Gasteiger partial charge in [0.2, 0.25) is 0 Å². The van der Waals surface area contributed by atoms with Gasteiger partial charge in [0, 0.05) is 18.8 Å². The van der Waals surface area contributed by atoms with E-state index < -0.39 is 0 Å². The van der Waals surface area contributed by atoms with E-state index >= 15 is 0 Å². The van der Waals surface area contributed by atoms with Crippen LogP contribution in [0.5, 0.6) is 0 Å². The van der Waals surface area contributed by atoms with Gasteiger partial charge < -0.3 is 4.90 Å². The van der Waals surface area contributed by atoms with Gasteiger partial charge in [0.1, 0.15) is 5.82 Å². The summed E-state index contributed by atoms with van der Waals surface area (Å²) in [7, 11) is 1.77. The molecule has 0 spiro atoms. The Kier molecular flexibility index (Phi) is 2.87. The molecule has 2 aromatic rings. The zero-order chi connectivity index (χ0) is 13.4. The number of hydrogen-bond donors (Lipinski definition) is 0. The minimum Gasteiger partial charge on any atom is -0.323 e. The Morgan fingerprint density at radius 2 is 2.00 bits per heavy atom. The molecule has 0 saturated carbocycles. The second-order valence-corrected chi connectivity index (χ2v) is 4.82. The average Bonchev–Trinajstić information content (AvgIpc) is 2.42.